The molecule has 0 spiro atoms. The molecule has 1 saturated carbocycles. The summed E-state index contributed by atoms with van der Waals surface area (Å²) in [6, 6.07) is 8.02. The van der Waals surface area contributed by atoms with Gasteiger partial charge in [-0.2, -0.15) is 0 Å². The molecule has 1 unspecified atom stereocenters. The number of hydrogen-bond donors (Lipinski definition) is 1. The Morgan fingerprint density at radius 2 is 1.73 bits per heavy atom. The van der Waals surface area contributed by atoms with Crippen LogP contribution in [0.25, 0.3) is 0 Å². The number of carbonyl (C=O) groups is 2. The Balaban J connectivity index is 1.28. The van der Waals surface area contributed by atoms with Crippen LogP contribution in [0.1, 0.15) is 56.4 Å². The number of rotatable bonds is 3. The van der Waals surface area contributed by atoms with E-state index in [-0.39, 0.29) is 29.7 Å². The quantitative estimate of drug-likeness (QED) is 0.906. The highest BCUT2D eigenvalue weighted by Crippen LogP contribution is 2.35. The lowest BCUT2D eigenvalue weighted by Gasteiger charge is -2.34. The van der Waals surface area contributed by atoms with E-state index in [0.29, 0.717) is 19.7 Å². The van der Waals surface area contributed by atoms with Gasteiger partial charge in [-0.3, -0.25) is 9.59 Å². The Morgan fingerprint density at radius 3 is 2.50 bits per heavy atom. The smallest absolute Gasteiger partial charge is 0.233 e. The molecule has 1 aliphatic carbocycles. The van der Waals surface area contributed by atoms with Gasteiger partial charge in [0, 0.05) is 30.6 Å². The van der Waals surface area contributed by atoms with E-state index in [4.69, 9.17) is 4.74 Å². The second-order valence-corrected chi connectivity index (χ2v) is 7.84. The summed E-state index contributed by atoms with van der Waals surface area (Å²) in [4.78, 5) is 27.3. The Labute approximate surface area is 155 Å². The molecule has 26 heavy (non-hydrogen) atoms. The minimum atomic E-state index is -0.181. The molecule has 5 nitrogen and oxygen atoms in total. The first-order valence-corrected chi connectivity index (χ1v) is 10.0. The number of fused-ring (bicyclic) bond motifs is 1. The molecule has 0 aromatic heterocycles. The zero-order chi connectivity index (χ0) is 17.9. The maximum absolute atomic E-state index is 12.9. The molecule has 2 aliphatic heterocycles. The van der Waals surface area contributed by atoms with Crippen LogP contribution in [0.3, 0.4) is 0 Å². The molecule has 140 valence electrons. The van der Waals surface area contributed by atoms with Crippen LogP contribution >= 0.6 is 0 Å². The van der Waals surface area contributed by atoms with E-state index in [0.717, 1.165) is 37.0 Å². The van der Waals surface area contributed by atoms with Gasteiger partial charge in [-0.05, 0) is 31.7 Å². The number of para-hydroxylation sites is 1. The summed E-state index contributed by atoms with van der Waals surface area (Å²) < 4.78 is 5.66. The van der Waals surface area contributed by atoms with E-state index in [1.165, 1.54) is 19.3 Å². The summed E-state index contributed by atoms with van der Waals surface area (Å²) in [7, 11) is 0. The van der Waals surface area contributed by atoms with E-state index in [1.54, 1.807) is 0 Å². The summed E-state index contributed by atoms with van der Waals surface area (Å²) in [6.45, 7) is 1.87. The number of nitrogens with zero attached hydrogens (tertiary/aromatic N) is 1. The molecule has 1 N–H and O–H groups in total. The van der Waals surface area contributed by atoms with Crippen molar-refractivity contribution in [2.75, 3.05) is 19.7 Å². The third-order valence-corrected chi connectivity index (χ3v) is 6.13. The molecule has 4 rings (SSSR count). The molecule has 0 radical (unpaired) electrons. The fourth-order valence-corrected chi connectivity index (χ4v) is 4.52. The van der Waals surface area contributed by atoms with Crippen LogP contribution in [-0.2, 0) is 9.59 Å². The number of ether oxygens (including phenoxy) is 1. The molecular formula is C21H28N2O3. The van der Waals surface area contributed by atoms with Gasteiger partial charge in [-0.1, -0.05) is 37.5 Å². The zero-order valence-electron chi connectivity index (χ0n) is 15.3. The lowest BCUT2D eigenvalue weighted by molar-refractivity contribution is -0.134. The predicted octanol–water partition coefficient (Wildman–Crippen LogP) is 2.85. The lowest BCUT2D eigenvalue weighted by atomic mass is 9.88. The van der Waals surface area contributed by atoms with Crippen molar-refractivity contribution < 1.29 is 14.3 Å². The van der Waals surface area contributed by atoms with Crippen molar-refractivity contribution in [1.29, 1.82) is 0 Å². The topological polar surface area (TPSA) is 58.6 Å². The Bertz CT molecular complexity index is 661. The van der Waals surface area contributed by atoms with Crippen molar-refractivity contribution in [3.05, 3.63) is 29.8 Å². The molecule has 1 aromatic carbocycles. The van der Waals surface area contributed by atoms with Crippen molar-refractivity contribution in [1.82, 2.24) is 10.2 Å². The van der Waals surface area contributed by atoms with Crippen LogP contribution in [0, 0.1) is 5.92 Å². The first-order chi connectivity index (χ1) is 12.7. The van der Waals surface area contributed by atoms with Crippen molar-refractivity contribution >= 4 is 11.8 Å². The number of benzene rings is 1. The average molecular weight is 356 g/mol. The fourth-order valence-electron chi connectivity index (χ4n) is 4.52. The molecule has 2 fully saturated rings. The fraction of sp³-hybridized carbons (Fsp3) is 0.619. The molecule has 3 aliphatic rings. The maximum atomic E-state index is 12.9. The summed E-state index contributed by atoms with van der Waals surface area (Å²) >= 11 is 0. The molecule has 0 bridgehead atoms. The summed E-state index contributed by atoms with van der Waals surface area (Å²) in [6.07, 6.45) is 7.37. The van der Waals surface area contributed by atoms with E-state index in [9.17, 15) is 9.59 Å². The van der Waals surface area contributed by atoms with Crippen molar-refractivity contribution in [2.45, 2.75) is 56.9 Å². The molecule has 5 heteroatoms. The van der Waals surface area contributed by atoms with E-state index in [1.807, 2.05) is 29.2 Å². The molecule has 2 heterocycles. The number of piperidine rings is 1. The normalized spacial score (nSPS) is 24.0. The predicted molar refractivity (Wildman–Crippen MR) is 99.0 cm³/mol. The minimum absolute atomic E-state index is 0.159. The van der Waals surface area contributed by atoms with Gasteiger partial charge in [-0.25, -0.2) is 0 Å². The largest absolute Gasteiger partial charge is 0.492 e. The number of carbonyl (C=O) groups excluding carboxylic acids is 2. The minimum Gasteiger partial charge on any atom is -0.492 e. The van der Waals surface area contributed by atoms with E-state index in [2.05, 4.69) is 5.32 Å². The van der Waals surface area contributed by atoms with Gasteiger partial charge in [0.2, 0.25) is 11.8 Å². The third kappa shape index (κ3) is 3.57. The monoisotopic (exact) mass is 356 g/mol. The number of likely N-dealkylation sites (tertiary alicyclic amines) is 1. The van der Waals surface area contributed by atoms with Gasteiger partial charge >= 0.3 is 0 Å². The van der Waals surface area contributed by atoms with Crippen LogP contribution in [0.4, 0.5) is 0 Å². The molecule has 1 atom stereocenters. The van der Waals surface area contributed by atoms with E-state index >= 15 is 0 Å². The standard InChI is InChI=1S/C21H28N2O3/c24-20(15-6-2-1-3-7-15)22-16-10-12-23(13-11-16)21(25)18-14-26-19-9-5-4-8-17(18)19/h4-5,8-9,15-16,18H,1-3,6-7,10-14H2,(H,22,24). The first kappa shape index (κ1) is 17.4. The van der Waals surface area contributed by atoms with Crippen LogP contribution in [-0.4, -0.2) is 42.5 Å². The highest BCUT2D eigenvalue weighted by Gasteiger charge is 2.35. The van der Waals surface area contributed by atoms with Gasteiger partial charge in [0.1, 0.15) is 18.3 Å². The van der Waals surface area contributed by atoms with Gasteiger partial charge in [0.25, 0.3) is 0 Å². The van der Waals surface area contributed by atoms with Crippen molar-refractivity contribution in [3.63, 3.8) is 0 Å². The second-order valence-electron chi connectivity index (χ2n) is 7.84. The van der Waals surface area contributed by atoms with E-state index < -0.39 is 0 Å². The third-order valence-electron chi connectivity index (χ3n) is 6.13. The van der Waals surface area contributed by atoms with Crippen molar-refractivity contribution in [3.8, 4) is 5.75 Å². The number of hydrogen-bond acceptors (Lipinski definition) is 3. The summed E-state index contributed by atoms with van der Waals surface area (Å²) in [5, 5.41) is 3.23. The first-order valence-electron chi connectivity index (χ1n) is 10.0. The van der Waals surface area contributed by atoms with Gasteiger partial charge < -0.3 is 15.0 Å². The maximum Gasteiger partial charge on any atom is 0.233 e. The highest BCUT2D eigenvalue weighted by atomic mass is 16.5. The number of amides is 2. The molecule has 1 saturated heterocycles. The van der Waals surface area contributed by atoms with Gasteiger partial charge in [0.15, 0.2) is 0 Å². The molecular weight excluding hydrogens is 328 g/mol. The lowest BCUT2D eigenvalue weighted by Crippen LogP contribution is -2.49. The van der Waals surface area contributed by atoms with Crippen LogP contribution in [0.15, 0.2) is 24.3 Å². The average Bonchev–Trinajstić information content (AvgIpc) is 3.13. The van der Waals surface area contributed by atoms with Crippen LogP contribution in [0.2, 0.25) is 0 Å². The Hall–Kier alpha value is -2.04. The van der Waals surface area contributed by atoms with Crippen molar-refractivity contribution in [2.24, 2.45) is 5.92 Å². The van der Waals surface area contributed by atoms with Gasteiger partial charge in [0.05, 0.1) is 0 Å². The summed E-state index contributed by atoms with van der Waals surface area (Å²) in [5.41, 5.74) is 1.00. The van der Waals surface area contributed by atoms with Gasteiger partial charge in [-0.15, -0.1) is 0 Å². The zero-order valence-corrected chi connectivity index (χ0v) is 15.3. The molecule has 2 amide bonds. The number of nitrogens with one attached hydrogen (secondary N) is 1. The highest BCUT2D eigenvalue weighted by molar-refractivity contribution is 5.85. The van der Waals surface area contributed by atoms with Crippen LogP contribution in [0.5, 0.6) is 5.75 Å². The van der Waals surface area contributed by atoms with Crippen LogP contribution < -0.4 is 10.1 Å². The SMILES string of the molecule is O=C(NC1CCN(C(=O)C2COc3ccccc32)CC1)C1CCCCC1. The Kier molecular flexibility index (Phi) is 5.14. The molecule has 1 aromatic rings. The summed E-state index contributed by atoms with van der Waals surface area (Å²) in [5.74, 6) is 1.25. The Morgan fingerprint density at radius 1 is 1.00 bits per heavy atom. The second kappa shape index (κ2) is 7.68.